The van der Waals surface area contributed by atoms with Crippen LogP contribution in [0.3, 0.4) is 0 Å². The second kappa shape index (κ2) is 9.41. The van der Waals surface area contributed by atoms with Crippen molar-refractivity contribution in [3.05, 3.63) is 121 Å². The van der Waals surface area contributed by atoms with E-state index < -0.39 is 0 Å². The predicted octanol–water partition coefficient (Wildman–Crippen LogP) is 10.5. The molecule has 0 spiro atoms. The monoisotopic (exact) mass is 520 g/mol. The molecule has 1 atom stereocenters. The van der Waals surface area contributed by atoms with Gasteiger partial charge in [0.05, 0.1) is 22.1 Å². The van der Waals surface area contributed by atoms with Crippen LogP contribution in [-0.2, 0) is 6.42 Å². The molecule has 2 heteroatoms. The minimum absolute atomic E-state index is 0.305. The lowest BCUT2D eigenvalue weighted by atomic mass is 9.83. The molecule has 40 heavy (non-hydrogen) atoms. The molecular formula is C38H36N2. The van der Waals surface area contributed by atoms with Gasteiger partial charge < -0.3 is 9.13 Å². The van der Waals surface area contributed by atoms with Crippen LogP contribution in [-0.4, -0.2) is 9.13 Å². The molecule has 0 N–H and O–H groups in total. The molecule has 2 aromatic heterocycles. The largest absolute Gasteiger partial charge is 0.309 e. The lowest BCUT2D eigenvalue weighted by Gasteiger charge is -2.24. The molecule has 7 rings (SSSR count). The van der Waals surface area contributed by atoms with Crippen LogP contribution < -0.4 is 0 Å². The van der Waals surface area contributed by atoms with Gasteiger partial charge in [-0.25, -0.2) is 0 Å². The SMILES string of the molecule is CC(Cc1cc(-n2c3ccccc3c3ccccc32)cc(-n2c3ccccc3c3ccccc32)c1)CC(C)(C)C. The third kappa shape index (κ3) is 4.19. The Kier molecular flexibility index (Phi) is 5.82. The summed E-state index contributed by atoms with van der Waals surface area (Å²) >= 11 is 0. The molecular weight excluding hydrogens is 484 g/mol. The molecule has 5 aromatic carbocycles. The normalized spacial score (nSPS) is 13.1. The topological polar surface area (TPSA) is 9.86 Å². The van der Waals surface area contributed by atoms with Crippen LogP contribution in [0.5, 0.6) is 0 Å². The Hall–Kier alpha value is -4.30. The molecule has 0 radical (unpaired) electrons. The van der Waals surface area contributed by atoms with Crippen LogP contribution in [0.2, 0.25) is 0 Å². The van der Waals surface area contributed by atoms with Crippen molar-refractivity contribution in [2.24, 2.45) is 11.3 Å². The maximum Gasteiger partial charge on any atom is 0.0541 e. The van der Waals surface area contributed by atoms with Crippen molar-refractivity contribution in [3.63, 3.8) is 0 Å². The number of rotatable bonds is 5. The first-order valence-electron chi connectivity index (χ1n) is 14.5. The first-order valence-corrected chi connectivity index (χ1v) is 14.5. The highest BCUT2D eigenvalue weighted by Crippen LogP contribution is 2.36. The van der Waals surface area contributed by atoms with Crippen molar-refractivity contribution < 1.29 is 0 Å². The Morgan fingerprint density at radius 1 is 0.525 bits per heavy atom. The lowest BCUT2D eigenvalue weighted by Crippen LogP contribution is -2.13. The fraction of sp³-hybridized carbons (Fsp3) is 0.211. The van der Waals surface area contributed by atoms with Crippen LogP contribution in [0.25, 0.3) is 55.0 Å². The summed E-state index contributed by atoms with van der Waals surface area (Å²) in [5.41, 5.74) is 9.11. The number of nitrogens with zero attached hydrogens (tertiary/aromatic N) is 2. The van der Waals surface area contributed by atoms with Gasteiger partial charge in [0.2, 0.25) is 0 Å². The summed E-state index contributed by atoms with van der Waals surface area (Å²) in [6.07, 6.45) is 2.24. The van der Waals surface area contributed by atoms with E-state index in [1.54, 1.807) is 0 Å². The summed E-state index contributed by atoms with van der Waals surface area (Å²) in [4.78, 5) is 0. The third-order valence-corrected chi connectivity index (χ3v) is 8.18. The van der Waals surface area contributed by atoms with Crippen LogP contribution in [0.4, 0.5) is 0 Å². The highest BCUT2D eigenvalue weighted by Gasteiger charge is 2.19. The first-order chi connectivity index (χ1) is 19.4. The molecule has 1 unspecified atom stereocenters. The molecule has 0 aliphatic heterocycles. The number of benzene rings is 5. The Bertz CT molecular complexity index is 1770. The highest BCUT2D eigenvalue weighted by atomic mass is 15.0. The van der Waals surface area contributed by atoms with Crippen LogP contribution in [0, 0.1) is 11.3 Å². The van der Waals surface area contributed by atoms with Crippen LogP contribution >= 0.6 is 0 Å². The Morgan fingerprint density at radius 3 is 1.23 bits per heavy atom. The second-order valence-electron chi connectivity index (χ2n) is 12.7. The molecule has 0 bridgehead atoms. The van der Waals surface area contributed by atoms with Crippen LogP contribution in [0.1, 0.15) is 39.7 Å². The highest BCUT2D eigenvalue weighted by molar-refractivity contribution is 6.10. The van der Waals surface area contributed by atoms with Gasteiger partial charge in [-0.15, -0.1) is 0 Å². The summed E-state index contributed by atoms with van der Waals surface area (Å²) in [7, 11) is 0. The number of para-hydroxylation sites is 4. The van der Waals surface area contributed by atoms with Crippen molar-refractivity contribution in [3.8, 4) is 11.4 Å². The summed E-state index contributed by atoms with van der Waals surface area (Å²) in [5.74, 6) is 0.583. The minimum atomic E-state index is 0.305. The van der Waals surface area contributed by atoms with Crippen molar-refractivity contribution >= 4 is 43.6 Å². The maximum absolute atomic E-state index is 2.46. The molecule has 2 nitrogen and oxygen atoms in total. The summed E-state index contributed by atoms with van der Waals surface area (Å²) in [5, 5.41) is 5.18. The molecule has 0 aliphatic carbocycles. The average Bonchev–Trinajstić information content (AvgIpc) is 3.45. The maximum atomic E-state index is 2.46. The number of hydrogen-bond acceptors (Lipinski definition) is 0. The molecule has 198 valence electrons. The molecule has 0 saturated heterocycles. The minimum Gasteiger partial charge on any atom is -0.309 e. The van der Waals surface area contributed by atoms with E-state index in [-0.39, 0.29) is 0 Å². The van der Waals surface area contributed by atoms with Gasteiger partial charge in [-0.05, 0) is 72.2 Å². The van der Waals surface area contributed by atoms with Crippen LogP contribution in [0.15, 0.2) is 115 Å². The summed E-state index contributed by atoms with van der Waals surface area (Å²) in [6, 6.07) is 42.4. The number of aromatic nitrogens is 2. The second-order valence-corrected chi connectivity index (χ2v) is 12.7. The van der Waals surface area contributed by atoms with E-state index in [1.165, 1.54) is 67.0 Å². The standard InChI is InChI=1S/C38H36N2/c1-26(25-38(2,3)4)21-27-22-28(39-34-17-9-5-13-30(34)31-14-6-10-18-35(31)39)24-29(23-27)40-36-19-11-7-15-32(36)33-16-8-12-20-37(33)40/h5-20,22-24,26H,21,25H2,1-4H3. The zero-order chi connectivity index (χ0) is 27.4. The summed E-state index contributed by atoms with van der Waals surface area (Å²) < 4.78 is 4.92. The number of fused-ring (bicyclic) bond motifs is 6. The van der Waals surface area contributed by atoms with Gasteiger partial charge >= 0.3 is 0 Å². The Balaban J connectivity index is 1.52. The fourth-order valence-electron chi connectivity index (χ4n) is 6.95. The first kappa shape index (κ1) is 24.7. The van der Waals surface area contributed by atoms with Gasteiger partial charge in [-0.3, -0.25) is 0 Å². The Morgan fingerprint density at radius 2 is 0.875 bits per heavy atom. The molecule has 7 aromatic rings. The van der Waals surface area contributed by atoms with Crippen molar-refractivity contribution in [1.82, 2.24) is 9.13 Å². The van der Waals surface area contributed by atoms with Gasteiger partial charge in [0.1, 0.15) is 0 Å². The van der Waals surface area contributed by atoms with Gasteiger partial charge in [-0.1, -0.05) is 100 Å². The van der Waals surface area contributed by atoms with Gasteiger partial charge in [0, 0.05) is 32.9 Å². The van der Waals surface area contributed by atoms with Crippen molar-refractivity contribution in [2.75, 3.05) is 0 Å². The van der Waals surface area contributed by atoms with Gasteiger partial charge in [-0.2, -0.15) is 0 Å². The summed E-state index contributed by atoms with van der Waals surface area (Å²) in [6.45, 7) is 9.45. The smallest absolute Gasteiger partial charge is 0.0541 e. The Labute approximate surface area is 236 Å². The van der Waals surface area contributed by atoms with Gasteiger partial charge in [0.25, 0.3) is 0 Å². The van der Waals surface area contributed by atoms with Gasteiger partial charge in [0.15, 0.2) is 0 Å². The predicted molar refractivity (Wildman–Crippen MR) is 172 cm³/mol. The lowest BCUT2D eigenvalue weighted by molar-refractivity contribution is 0.306. The molecule has 0 fully saturated rings. The van der Waals surface area contributed by atoms with E-state index in [9.17, 15) is 0 Å². The quantitative estimate of drug-likeness (QED) is 0.214. The average molecular weight is 521 g/mol. The van der Waals surface area contributed by atoms with E-state index in [0.717, 1.165) is 6.42 Å². The third-order valence-electron chi connectivity index (χ3n) is 8.18. The van der Waals surface area contributed by atoms with Crippen molar-refractivity contribution in [2.45, 2.75) is 40.5 Å². The van der Waals surface area contributed by atoms with E-state index in [4.69, 9.17) is 0 Å². The number of hydrogen-bond donors (Lipinski definition) is 0. The van der Waals surface area contributed by atoms with E-state index in [1.807, 2.05) is 0 Å². The van der Waals surface area contributed by atoms with E-state index in [2.05, 4.69) is 152 Å². The van der Waals surface area contributed by atoms with E-state index in [0.29, 0.717) is 11.3 Å². The molecule has 0 saturated carbocycles. The molecule has 0 amide bonds. The molecule has 2 heterocycles. The van der Waals surface area contributed by atoms with E-state index >= 15 is 0 Å². The van der Waals surface area contributed by atoms with Crippen molar-refractivity contribution in [1.29, 1.82) is 0 Å². The zero-order valence-corrected chi connectivity index (χ0v) is 23.9. The fourth-order valence-corrected chi connectivity index (χ4v) is 6.95. The zero-order valence-electron chi connectivity index (χ0n) is 23.9. The molecule has 0 aliphatic rings.